The van der Waals surface area contributed by atoms with Crippen LogP contribution in [-0.4, -0.2) is 94.9 Å². The number of aliphatic hydroxyl groups excluding tert-OH is 4. The quantitative estimate of drug-likeness (QED) is 0.151. The van der Waals surface area contributed by atoms with Crippen molar-refractivity contribution in [1.29, 1.82) is 0 Å². The Labute approximate surface area is 183 Å². The van der Waals surface area contributed by atoms with Crippen LogP contribution in [0.2, 0.25) is 0 Å². The van der Waals surface area contributed by atoms with Gasteiger partial charge >= 0.3 is 26.2 Å². The minimum atomic E-state index is -1.43. The Morgan fingerprint density at radius 3 is 0.621 bits per heavy atom. The first-order chi connectivity index (χ1) is 12.7. The Balaban J connectivity index is -0.0000000873. The van der Waals surface area contributed by atoms with E-state index in [0.29, 0.717) is 0 Å². The van der Waals surface area contributed by atoms with E-state index in [1.54, 1.807) is 0 Å². The fourth-order valence-electron chi connectivity index (χ4n) is 0.298. The van der Waals surface area contributed by atoms with Gasteiger partial charge in [0.1, 0.15) is 0 Å². The monoisotopic (exact) mass is 506 g/mol. The van der Waals surface area contributed by atoms with Gasteiger partial charge in [0.05, 0.1) is 74.5 Å². The van der Waals surface area contributed by atoms with Crippen LogP contribution in [0, 0.1) is 0 Å². The number of hydrogen-bond acceptors (Lipinski definition) is 16. The molecular weight excluding hydrogens is 483 g/mol. The number of hydrogen-bond donors (Lipinski definition) is 8. The normalized spacial score (nSPS) is 13.0. The summed E-state index contributed by atoms with van der Waals surface area (Å²) in [6.07, 6.45) is 0. The summed E-state index contributed by atoms with van der Waals surface area (Å²) in [6, 6.07) is -4.94. The molecule has 168 valence electrons. The molecule has 0 aromatic carbocycles. The topological polar surface area (TPSA) is 346 Å². The van der Waals surface area contributed by atoms with Crippen molar-refractivity contribution in [3.8, 4) is 0 Å². The second kappa shape index (κ2) is 24.5. The van der Waals surface area contributed by atoms with Crippen LogP contribution in [0.4, 0.5) is 0 Å². The minimum absolute atomic E-state index is 0. The molecule has 0 saturated carbocycles. The molecule has 0 aliphatic carbocycles. The van der Waals surface area contributed by atoms with Gasteiger partial charge in [-0.15, -0.1) is 0 Å². The fraction of sp³-hybridized carbons (Fsp3) is 0.667. The van der Waals surface area contributed by atoms with Crippen molar-refractivity contribution in [2.24, 2.45) is 22.9 Å². The van der Waals surface area contributed by atoms with Crippen molar-refractivity contribution in [3.05, 3.63) is 0 Å². The molecule has 12 N–H and O–H groups in total. The van der Waals surface area contributed by atoms with E-state index < -0.39 is 74.5 Å². The molecule has 0 radical (unpaired) electrons. The molecule has 0 rings (SSSR count). The van der Waals surface area contributed by atoms with Crippen LogP contribution in [0.25, 0.3) is 0 Å². The largest absolute Gasteiger partial charge is 4.00 e. The van der Waals surface area contributed by atoms with E-state index in [1.165, 1.54) is 0 Å². The van der Waals surface area contributed by atoms with E-state index in [0.717, 1.165) is 0 Å². The van der Waals surface area contributed by atoms with Gasteiger partial charge in [0.2, 0.25) is 0 Å². The number of carbonyl (C=O) groups excluding carboxylic acids is 4. The van der Waals surface area contributed by atoms with E-state index in [9.17, 15) is 39.6 Å². The van der Waals surface area contributed by atoms with Crippen molar-refractivity contribution in [2.45, 2.75) is 24.2 Å². The van der Waals surface area contributed by atoms with Gasteiger partial charge in [0, 0.05) is 0 Å². The molecule has 0 aromatic rings. The zero-order valence-electron chi connectivity index (χ0n) is 15.0. The maximum absolute atomic E-state index is 9.53. The summed E-state index contributed by atoms with van der Waals surface area (Å²) in [7, 11) is 0. The molecule has 0 amide bonds. The first kappa shape index (κ1) is 38.1. The molecule has 0 fully saturated rings. The molecule has 0 aliphatic heterocycles. The third kappa shape index (κ3) is 31.4. The Kier molecular flexibility index (Phi) is 32.2. The molecule has 16 nitrogen and oxygen atoms in total. The summed E-state index contributed by atoms with van der Waals surface area (Å²) < 4.78 is 0. The van der Waals surface area contributed by atoms with Gasteiger partial charge in [0.15, 0.2) is 0 Å². The number of aliphatic carboxylic acids is 4. The predicted octanol–water partition coefficient (Wildman–Crippen LogP) is -11.8. The van der Waals surface area contributed by atoms with E-state index >= 15 is 0 Å². The Hall–Kier alpha value is -1.56. The molecule has 0 aliphatic rings. The summed E-state index contributed by atoms with van der Waals surface area (Å²) in [6.45, 7) is -2.27. The molecule has 29 heavy (non-hydrogen) atoms. The molecule has 0 spiro atoms. The van der Waals surface area contributed by atoms with Gasteiger partial charge in [-0.25, -0.2) is 0 Å². The SMILES string of the molecule is N[C@@H](CO)C(=O)[O-].N[C@@H](CO)C(=O)[O-].N[C@@H](CO)C(=O)[O-].N[C@@H](CO)C(=O)[O-].[Zr+4]. The number of nitrogens with two attached hydrogens (primary N) is 4. The third-order valence-corrected chi connectivity index (χ3v) is 2.00. The summed E-state index contributed by atoms with van der Waals surface area (Å²) in [5.41, 5.74) is 18.8. The van der Waals surface area contributed by atoms with Crippen LogP contribution in [0.15, 0.2) is 0 Å². The summed E-state index contributed by atoms with van der Waals surface area (Å²) >= 11 is 0. The number of carboxylic acids is 4. The van der Waals surface area contributed by atoms with Crippen LogP contribution in [0.5, 0.6) is 0 Å². The summed E-state index contributed by atoms with van der Waals surface area (Å²) in [4.78, 5) is 38.1. The standard InChI is InChI=1S/4C3H7NO3.Zr/c4*4-2(1-5)3(6)7;/h4*2,5H,1,4H2,(H,6,7);/q;;;;+4/p-4/t4*2-;/m0000./s1. The summed E-state index contributed by atoms with van der Waals surface area (Å²) in [5.74, 6) is -5.71. The molecule has 0 saturated heterocycles. The zero-order valence-corrected chi connectivity index (χ0v) is 17.5. The Morgan fingerprint density at radius 1 is 0.517 bits per heavy atom. The van der Waals surface area contributed by atoms with Crippen LogP contribution >= 0.6 is 0 Å². The molecule has 0 aromatic heterocycles. The van der Waals surface area contributed by atoms with Gasteiger partial charge in [0.25, 0.3) is 0 Å². The summed E-state index contributed by atoms with van der Waals surface area (Å²) in [5, 5.41) is 70.0. The van der Waals surface area contributed by atoms with Crippen molar-refractivity contribution in [1.82, 2.24) is 0 Å². The third-order valence-electron chi connectivity index (χ3n) is 2.00. The molecular formula is C12H24N4O12Zr. The van der Waals surface area contributed by atoms with Gasteiger partial charge in [-0.2, -0.15) is 0 Å². The number of carboxylic acid groups (broad SMARTS) is 4. The first-order valence-corrected chi connectivity index (χ1v) is 7.02. The average molecular weight is 508 g/mol. The molecule has 4 atom stereocenters. The Morgan fingerprint density at radius 2 is 0.621 bits per heavy atom. The van der Waals surface area contributed by atoms with E-state index in [-0.39, 0.29) is 26.2 Å². The van der Waals surface area contributed by atoms with Gasteiger partial charge in [-0.1, -0.05) is 0 Å². The number of carbonyl (C=O) groups is 4. The van der Waals surface area contributed by atoms with E-state index in [1.807, 2.05) is 0 Å². The van der Waals surface area contributed by atoms with E-state index in [4.69, 9.17) is 43.4 Å². The smallest absolute Gasteiger partial charge is 0.548 e. The minimum Gasteiger partial charge on any atom is -0.548 e. The van der Waals surface area contributed by atoms with Gasteiger partial charge in [-0.3, -0.25) is 0 Å². The van der Waals surface area contributed by atoms with Crippen molar-refractivity contribution in [3.63, 3.8) is 0 Å². The molecule has 0 bridgehead atoms. The van der Waals surface area contributed by atoms with Gasteiger partial charge in [-0.05, 0) is 0 Å². The fourth-order valence-corrected chi connectivity index (χ4v) is 0.298. The van der Waals surface area contributed by atoms with Crippen molar-refractivity contribution < 1.29 is 86.2 Å². The average Bonchev–Trinajstić information content (AvgIpc) is 2.66. The maximum Gasteiger partial charge on any atom is 4.00 e. The van der Waals surface area contributed by atoms with Crippen LogP contribution in [-0.2, 0) is 45.4 Å². The van der Waals surface area contributed by atoms with Crippen LogP contribution in [0.1, 0.15) is 0 Å². The Bertz CT molecular complexity index is 377. The van der Waals surface area contributed by atoms with Crippen molar-refractivity contribution in [2.75, 3.05) is 26.4 Å². The van der Waals surface area contributed by atoms with Crippen LogP contribution < -0.4 is 43.4 Å². The van der Waals surface area contributed by atoms with Crippen molar-refractivity contribution >= 4 is 23.9 Å². The van der Waals surface area contributed by atoms with Crippen LogP contribution in [0.3, 0.4) is 0 Å². The van der Waals surface area contributed by atoms with E-state index in [2.05, 4.69) is 0 Å². The molecule has 17 heteroatoms. The first-order valence-electron chi connectivity index (χ1n) is 7.02. The maximum atomic E-state index is 9.53. The molecule has 0 unspecified atom stereocenters. The second-order valence-electron chi connectivity index (χ2n) is 4.43. The number of aliphatic hydroxyl groups is 4. The van der Waals surface area contributed by atoms with Gasteiger partial charge < -0.3 is 83.0 Å². The zero-order chi connectivity index (χ0) is 23.4. The molecule has 0 heterocycles. The predicted molar refractivity (Wildman–Crippen MR) is 80.3 cm³/mol. The number of rotatable bonds is 8. The second-order valence-corrected chi connectivity index (χ2v) is 4.43.